The molecule has 0 heterocycles. The lowest BCUT2D eigenvalue weighted by molar-refractivity contribution is 0.288. The standard InChI is InChI=1S/C16H38N2SSi/c1-9-15(7)17(13(3)4)19-11-12-20-18(14(5)6)16(8)10-2/h13-16H,9-12,20H2,1-8H3. The third-order valence-corrected chi connectivity index (χ3v) is 8.76. The minimum atomic E-state index is -0.0932. The van der Waals surface area contributed by atoms with Crippen molar-refractivity contribution in [1.29, 1.82) is 0 Å². The van der Waals surface area contributed by atoms with Gasteiger partial charge >= 0.3 is 0 Å². The lowest BCUT2D eigenvalue weighted by atomic mass is 10.2. The van der Waals surface area contributed by atoms with Crippen molar-refractivity contribution in [2.45, 2.75) is 98.4 Å². The normalized spacial score (nSPS) is 16.2. The lowest BCUT2D eigenvalue weighted by Gasteiger charge is -2.33. The molecule has 0 bridgehead atoms. The van der Waals surface area contributed by atoms with Gasteiger partial charge in [-0.25, -0.2) is 4.31 Å². The van der Waals surface area contributed by atoms with Crippen LogP contribution in [0.5, 0.6) is 0 Å². The minimum Gasteiger partial charge on any atom is -0.325 e. The van der Waals surface area contributed by atoms with Crippen molar-refractivity contribution in [2.24, 2.45) is 0 Å². The maximum Gasteiger partial charge on any atom is 0.0965 e. The average Bonchev–Trinajstić information content (AvgIpc) is 2.40. The minimum absolute atomic E-state index is 0.0932. The highest BCUT2D eigenvalue weighted by atomic mass is 32.2. The van der Waals surface area contributed by atoms with Gasteiger partial charge in [0.2, 0.25) is 0 Å². The Kier molecular flexibility index (Phi) is 11.4. The van der Waals surface area contributed by atoms with Crippen LogP contribution in [0.4, 0.5) is 0 Å². The quantitative estimate of drug-likeness (QED) is 0.321. The van der Waals surface area contributed by atoms with Crippen LogP contribution in [0.25, 0.3) is 0 Å². The average molecular weight is 319 g/mol. The summed E-state index contributed by atoms with van der Waals surface area (Å²) in [6.07, 6.45) is 2.52. The van der Waals surface area contributed by atoms with E-state index in [4.69, 9.17) is 0 Å². The van der Waals surface area contributed by atoms with E-state index in [0.717, 1.165) is 12.1 Å². The summed E-state index contributed by atoms with van der Waals surface area (Å²) in [5.74, 6) is 1.30. The van der Waals surface area contributed by atoms with Gasteiger partial charge in [-0.2, -0.15) is 0 Å². The van der Waals surface area contributed by atoms with Crippen molar-refractivity contribution in [3.05, 3.63) is 0 Å². The summed E-state index contributed by atoms with van der Waals surface area (Å²) in [5, 5.41) is 0. The smallest absolute Gasteiger partial charge is 0.0965 e. The maximum atomic E-state index is 2.78. The second-order valence-corrected chi connectivity index (χ2v) is 9.46. The topological polar surface area (TPSA) is 6.48 Å². The molecule has 0 rings (SSSR count). The first-order chi connectivity index (χ1) is 9.34. The molecule has 0 radical (unpaired) electrons. The summed E-state index contributed by atoms with van der Waals surface area (Å²) in [5.41, 5.74) is 0. The van der Waals surface area contributed by atoms with Crippen LogP contribution < -0.4 is 0 Å². The first-order valence-electron chi connectivity index (χ1n) is 8.52. The van der Waals surface area contributed by atoms with E-state index >= 15 is 0 Å². The molecular weight excluding hydrogens is 280 g/mol. The molecule has 0 fully saturated rings. The van der Waals surface area contributed by atoms with Gasteiger partial charge < -0.3 is 4.57 Å². The molecule has 20 heavy (non-hydrogen) atoms. The predicted octanol–water partition coefficient (Wildman–Crippen LogP) is 4.15. The molecule has 0 aromatic heterocycles. The molecule has 4 heteroatoms. The zero-order valence-corrected chi connectivity index (χ0v) is 17.4. The molecule has 0 aromatic carbocycles. The van der Waals surface area contributed by atoms with Crippen LogP contribution in [0.3, 0.4) is 0 Å². The van der Waals surface area contributed by atoms with Crippen LogP contribution in [0.1, 0.15) is 68.2 Å². The molecule has 0 N–H and O–H groups in total. The molecule has 0 aliphatic heterocycles. The summed E-state index contributed by atoms with van der Waals surface area (Å²) < 4.78 is 5.38. The fourth-order valence-electron chi connectivity index (χ4n) is 2.60. The highest BCUT2D eigenvalue weighted by molar-refractivity contribution is 7.97. The Morgan fingerprint density at radius 2 is 1.40 bits per heavy atom. The van der Waals surface area contributed by atoms with Gasteiger partial charge in [-0.05, 0) is 51.7 Å². The van der Waals surface area contributed by atoms with E-state index in [1.807, 2.05) is 0 Å². The summed E-state index contributed by atoms with van der Waals surface area (Å²) in [4.78, 5) is 0. The molecule has 0 aromatic rings. The largest absolute Gasteiger partial charge is 0.325 e. The Bertz CT molecular complexity index is 213. The Balaban J connectivity index is 4.14. The zero-order valence-electron chi connectivity index (χ0n) is 15.1. The maximum absolute atomic E-state index is 2.78. The molecule has 0 saturated carbocycles. The molecule has 2 nitrogen and oxygen atoms in total. The Labute approximate surface area is 135 Å². The monoisotopic (exact) mass is 318 g/mol. The molecule has 0 amide bonds. The third-order valence-electron chi connectivity index (χ3n) is 4.16. The van der Waals surface area contributed by atoms with E-state index in [1.54, 1.807) is 0 Å². The molecule has 122 valence electrons. The summed E-state index contributed by atoms with van der Waals surface area (Å²) in [6.45, 7) is 18.7. The summed E-state index contributed by atoms with van der Waals surface area (Å²) in [7, 11) is -0.0932. The van der Waals surface area contributed by atoms with Crippen LogP contribution in [0.2, 0.25) is 6.04 Å². The number of nitrogens with zero attached hydrogens (tertiary/aromatic N) is 2. The van der Waals surface area contributed by atoms with Gasteiger partial charge in [-0.15, -0.1) is 0 Å². The van der Waals surface area contributed by atoms with Crippen molar-refractivity contribution >= 4 is 21.6 Å². The molecule has 2 atom stereocenters. The van der Waals surface area contributed by atoms with Gasteiger partial charge in [0.1, 0.15) is 0 Å². The first-order valence-corrected chi connectivity index (χ1v) is 11.1. The lowest BCUT2D eigenvalue weighted by Crippen LogP contribution is -2.41. The molecule has 0 aliphatic rings. The molecular formula is C16H38N2SSi. The van der Waals surface area contributed by atoms with Gasteiger partial charge in [-0.1, -0.05) is 46.6 Å². The van der Waals surface area contributed by atoms with E-state index < -0.39 is 0 Å². The number of rotatable bonds is 11. The second-order valence-electron chi connectivity index (χ2n) is 6.49. The summed E-state index contributed by atoms with van der Waals surface area (Å²) >= 11 is 2.08. The third kappa shape index (κ3) is 7.48. The van der Waals surface area contributed by atoms with E-state index in [1.165, 1.54) is 24.6 Å². The van der Waals surface area contributed by atoms with Crippen molar-refractivity contribution < 1.29 is 0 Å². The van der Waals surface area contributed by atoms with Gasteiger partial charge in [-0.3, -0.25) is 0 Å². The highest BCUT2D eigenvalue weighted by Crippen LogP contribution is 2.21. The van der Waals surface area contributed by atoms with Crippen LogP contribution >= 0.6 is 11.9 Å². The molecule has 0 aliphatic carbocycles. The number of hydrogen-bond acceptors (Lipinski definition) is 3. The zero-order chi connectivity index (χ0) is 15.7. The Morgan fingerprint density at radius 3 is 1.80 bits per heavy atom. The summed E-state index contributed by atoms with van der Waals surface area (Å²) in [6, 6.07) is 4.25. The van der Waals surface area contributed by atoms with E-state index in [0.29, 0.717) is 12.1 Å². The van der Waals surface area contributed by atoms with Crippen LogP contribution in [0.15, 0.2) is 0 Å². The molecule has 2 unspecified atom stereocenters. The van der Waals surface area contributed by atoms with Crippen molar-refractivity contribution in [2.75, 3.05) is 5.75 Å². The Morgan fingerprint density at radius 1 is 0.850 bits per heavy atom. The van der Waals surface area contributed by atoms with Gasteiger partial charge in [0.25, 0.3) is 0 Å². The van der Waals surface area contributed by atoms with Crippen molar-refractivity contribution in [3.8, 4) is 0 Å². The predicted molar refractivity (Wildman–Crippen MR) is 99.3 cm³/mol. The first kappa shape index (κ1) is 20.5. The fourth-order valence-corrected chi connectivity index (χ4v) is 6.13. The molecule has 0 saturated heterocycles. The van der Waals surface area contributed by atoms with E-state index in [9.17, 15) is 0 Å². The van der Waals surface area contributed by atoms with Crippen LogP contribution in [-0.2, 0) is 0 Å². The number of hydrogen-bond donors (Lipinski definition) is 0. The second kappa shape index (κ2) is 11.1. The van der Waals surface area contributed by atoms with Crippen LogP contribution in [-0.4, -0.2) is 48.5 Å². The van der Waals surface area contributed by atoms with Crippen LogP contribution in [0, 0.1) is 0 Å². The van der Waals surface area contributed by atoms with Gasteiger partial charge in [0, 0.05) is 17.8 Å². The molecule has 0 spiro atoms. The van der Waals surface area contributed by atoms with E-state index in [-0.39, 0.29) is 9.68 Å². The Hall–Kier alpha value is 0.487. The van der Waals surface area contributed by atoms with Gasteiger partial charge in [0.05, 0.1) is 9.68 Å². The van der Waals surface area contributed by atoms with Crippen molar-refractivity contribution in [3.63, 3.8) is 0 Å². The van der Waals surface area contributed by atoms with E-state index in [2.05, 4.69) is 76.2 Å². The highest BCUT2D eigenvalue weighted by Gasteiger charge is 2.18. The van der Waals surface area contributed by atoms with Gasteiger partial charge in [0.15, 0.2) is 0 Å². The van der Waals surface area contributed by atoms with Crippen molar-refractivity contribution in [1.82, 2.24) is 8.87 Å². The fraction of sp³-hybridized carbons (Fsp3) is 1.00. The SMILES string of the molecule is CCC(C)N([SiH2]CCSN(C(C)C)C(C)CC)C(C)C.